The Bertz CT molecular complexity index is 694. The maximum Gasteiger partial charge on any atom is 0.336 e. The third-order valence-corrected chi connectivity index (χ3v) is 3.32. The minimum absolute atomic E-state index is 0.146. The third-order valence-electron chi connectivity index (χ3n) is 3.32. The van der Waals surface area contributed by atoms with Crippen LogP contribution < -0.4 is 14.2 Å². The van der Waals surface area contributed by atoms with Crippen LogP contribution in [0.3, 0.4) is 0 Å². The summed E-state index contributed by atoms with van der Waals surface area (Å²) in [5, 5.41) is 9.54. The number of carboxylic acids is 1. The van der Waals surface area contributed by atoms with E-state index in [4.69, 9.17) is 14.2 Å². The van der Waals surface area contributed by atoms with Gasteiger partial charge in [0.05, 0.1) is 26.9 Å². The van der Waals surface area contributed by atoms with Crippen LogP contribution in [0.5, 0.6) is 17.2 Å². The lowest BCUT2D eigenvalue weighted by Crippen LogP contribution is -2.01. The van der Waals surface area contributed by atoms with Crippen molar-refractivity contribution >= 4 is 17.6 Å². The van der Waals surface area contributed by atoms with E-state index in [0.29, 0.717) is 22.8 Å². The highest BCUT2D eigenvalue weighted by Gasteiger charge is 2.13. The lowest BCUT2D eigenvalue weighted by molar-refractivity contribution is -0.130. The van der Waals surface area contributed by atoms with Crippen molar-refractivity contribution < 1.29 is 24.1 Å². The van der Waals surface area contributed by atoms with Crippen molar-refractivity contribution in [2.75, 3.05) is 21.3 Å². The zero-order chi connectivity index (χ0) is 16.8. The molecule has 2 aromatic rings. The fourth-order valence-corrected chi connectivity index (χ4v) is 2.10. The Kier molecular flexibility index (Phi) is 5.25. The van der Waals surface area contributed by atoms with Gasteiger partial charge in [0.2, 0.25) is 0 Å². The molecule has 0 unspecified atom stereocenters. The summed E-state index contributed by atoms with van der Waals surface area (Å²) in [6, 6.07) is 12.1. The second kappa shape index (κ2) is 7.35. The first-order valence-electron chi connectivity index (χ1n) is 6.90. The van der Waals surface area contributed by atoms with E-state index in [9.17, 15) is 9.90 Å². The quantitative estimate of drug-likeness (QED) is 0.654. The molecular formula is C18H18O5. The lowest BCUT2D eigenvalue weighted by Gasteiger charge is -2.09. The highest BCUT2D eigenvalue weighted by Crippen LogP contribution is 2.28. The van der Waals surface area contributed by atoms with Crippen LogP contribution in [-0.4, -0.2) is 32.4 Å². The number of carboxylic acid groups (broad SMARTS) is 1. The zero-order valence-electron chi connectivity index (χ0n) is 13.2. The molecule has 5 heteroatoms. The molecule has 23 heavy (non-hydrogen) atoms. The second-order valence-electron chi connectivity index (χ2n) is 4.74. The molecule has 0 spiro atoms. The van der Waals surface area contributed by atoms with Gasteiger partial charge in [-0.3, -0.25) is 0 Å². The molecule has 0 amide bonds. The van der Waals surface area contributed by atoms with E-state index in [2.05, 4.69) is 0 Å². The lowest BCUT2D eigenvalue weighted by atomic mass is 10.0. The van der Waals surface area contributed by atoms with Gasteiger partial charge in [0.1, 0.15) is 17.2 Å². The monoisotopic (exact) mass is 314 g/mol. The molecule has 0 aliphatic rings. The molecule has 0 saturated heterocycles. The van der Waals surface area contributed by atoms with Crippen molar-refractivity contribution in [2.24, 2.45) is 0 Å². The Balaban J connectivity index is 2.49. The molecule has 0 heterocycles. The zero-order valence-corrected chi connectivity index (χ0v) is 13.2. The Labute approximate surface area is 134 Å². The smallest absolute Gasteiger partial charge is 0.336 e. The number of ether oxygens (including phenoxy) is 3. The number of hydrogen-bond acceptors (Lipinski definition) is 4. The van der Waals surface area contributed by atoms with Crippen molar-refractivity contribution in [2.45, 2.75) is 0 Å². The van der Waals surface area contributed by atoms with Crippen molar-refractivity contribution in [1.29, 1.82) is 0 Å². The Morgan fingerprint density at radius 1 is 0.870 bits per heavy atom. The normalized spacial score (nSPS) is 11.0. The van der Waals surface area contributed by atoms with Gasteiger partial charge in [-0.1, -0.05) is 12.1 Å². The largest absolute Gasteiger partial charge is 0.497 e. The molecule has 0 bridgehead atoms. The number of aliphatic carboxylic acids is 1. The van der Waals surface area contributed by atoms with Gasteiger partial charge in [-0.15, -0.1) is 0 Å². The van der Waals surface area contributed by atoms with Crippen LogP contribution >= 0.6 is 0 Å². The predicted octanol–water partition coefficient (Wildman–Crippen LogP) is 3.34. The van der Waals surface area contributed by atoms with Crippen LogP contribution in [0.15, 0.2) is 42.5 Å². The number of carbonyl (C=O) groups is 1. The van der Waals surface area contributed by atoms with E-state index >= 15 is 0 Å². The molecule has 0 saturated carbocycles. The average molecular weight is 314 g/mol. The molecule has 5 nitrogen and oxygen atoms in total. The molecule has 0 aliphatic carbocycles. The summed E-state index contributed by atoms with van der Waals surface area (Å²) in [6.07, 6.45) is 1.59. The van der Waals surface area contributed by atoms with Gasteiger partial charge in [0.15, 0.2) is 0 Å². The van der Waals surface area contributed by atoms with Gasteiger partial charge in [-0.05, 0) is 41.5 Å². The molecule has 0 aliphatic heterocycles. The van der Waals surface area contributed by atoms with E-state index in [1.54, 1.807) is 55.7 Å². The maximum absolute atomic E-state index is 11.7. The summed E-state index contributed by atoms with van der Waals surface area (Å²) in [6.45, 7) is 0. The fourth-order valence-electron chi connectivity index (χ4n) is 2.10. The van der Waals surface area contributed by atoms with Crippen LogP contribution in [0.4, 0.5) is 0 Å². The molecule has 0 fully saturated rings. The van der Waals surface area contributed by atoms with Gasteiger partial charge in [0, 0.05) is 6.07 Å². The van der Waals surface area contributed by atoms with Crippen molar-refractivity contribution in [3.05, 3.63) is 53.6 Å². The molecule has 0 atom stereocenters. The summed E-state index contributed by atoms with van der Waals surface area (Å²) in [7, 11) is 4.62. The Morgan fingerprint density at radius 2 is 1.39 bits per heavy atom. The van der Waals surface area contributed by atoms with E-state index < -0.39 is 5.97 Å². The molecule has 1 N–H and O–H groups in total. The number of rotatable bonds is 6. The average Bonchev–Trinajstić information content (AvgIpc) is 2.59. The van der Waals surface area contributed by atoms with Crippen molar-refractivity contribution in [3.8, 4) is 17.2 Å². The highest BCUT2D eigenvalue weighted by atomic mass is 16.5. The molecule has 0 radical (unpaired) electrons. The van der Waals surface area contributed by atoms with E-state index in [0.717, 1.165) is 5.56 Å². The molecule has 2 aromatic carbocycles. The van der Waals surface area contributed by atoms with Gasteiger partial charge >= 0.3 is 5.97 Å². The molecular weight excluding hydrogens is 296 g/mol. The number of hydrogen-bond donors (Lipinski definition) is 1. The van der Waals surface area contributed by atoms with Crippen LogP contribution in [0.25, 0.3) is 11.6 Å². The summed E-state index contributed by atoms with van der Waals surface area (Å²) in [4.78, 5) is 11.7. The number of benzene rings is 2. The van der Waals surface area contributed by atoms with E-state index in [1.807, 2.05) is 0 Å². The number of methoxy groups -OCH3 is 3. The third kappa shape index (κ3) is 4.03. The van der Waals surface area contributed by atoms with Crippen LogP contribution in [0, 0.1) is 0 Å². The maximum atomic E-state index is 11.7. The Morgan fingerprint density at radius 3 is 1.83 bits per heavy atom. The van der Waals surface area contributed by atoms with E-state index in [-0.39, 0.29) is 5.57 Å². The first-order valence-corrected chi connectivity index (χ1v) is 6.90. The van der Waals surface area contributed by atoms with Crippen LogP contribution in [0.2, 0.25) is 0 Å². The summed E-state index contributed by atoms with van der Waals surface area (Å²) < 4.78 is 15.5. The minimum atomic E-state index is -1.03. The topological polar surface area (TPSA) is 65.0 Å². The first kappa shape index (κ1) is 16.4. The molecule has 120 valence electrons. The Hall–Kier alpha value is -2.95. The predicted molar refractivity (Wildman–Crippen MR) is 88.0 cm³/mol. The van der Waals surface area contributed by atoms with Crippen LogP contribution in [-0.2, 0) is 4.79 Å². The van der Waals surface area contributed by atoms with Crippen LogP contribution in [0.1, 0.15) is 11.1 Å². The van der Waals surface area contributed by atoms with Gasteiger partial charge in [0.25, 0.3) is 0 Å². The van der Waals surface area contributed by atoms with Gasteiger partial charge in [-0.2, -0.15) is 0 Å². The van der Waals surface area contributed by atoms with Gasteiger partial charge < -0.3 is 19.3 Å². The SMILES string of the molecule is COc1ccc(/C=C(/C(=O)O)c2cc(OC)cc(OC)c2)cc1. The standard InChI is InChI=1S/C18H18O5/c1-21-14-6-4-12(5-7-14)8-17(18(19)20)13-9-15(22-2)11-16(10-13)23-3/h4-11H,1-3H3,(H,19,20)/b17-8+. The van der Waals surface area contributed by atoms with Crippen molar-refractivity contribution in [1.82, 2.24) is 0 Å². The highest BCUT2D eigenvalue weighted by molar-refractivity contribution is 6.20. The summed E-state index contributed by atoms with van der Waals surface area (Å²) in [5.74, 6) is 0.737. The minimum Gasteiger partial charge on any atom is -0.497 e. The summed E-state index contributed by atoms with van der Waals surface area (Å²) >= 11 is 0. The summed E-state index contributed by atoms with van der Waals surface area (Å²) in [5.41, 5.74) is 1.40. The second-order valence-corrected chi connectivity index (χ2v) is 4.74. The fraction of sp³-hybridized carbons (Fsp3) is 0.167. The first-order chi connectivity index (χ1) is 11.1. The van der Waals surface area contributed by atoms with E-state index in [1.165, 1.54) is 14.2 Å². The molecule has 0 aromatic heterocycles. The van der Waals surface area contributed by atoms with Gasteiger partial charge in [-0.25, -0.2) is 4.79 Å². The molecule has 2 rings (SSSR count). The van der Waals surface area contributed by atoms with Crippen molar-refractivity contribution in [3.63, 3.8) is 0 Å².